The monoisotopic (exact) mass is 546 g/mol. The predicted molar refractivity (Wildman–Crippen MR) is 157 cm³/mol. The van der Waals surface area contributed by atoms with Crippen LogP contribution >= 0.6 is 0 Å². The molecule has 3 aromatic rings. The van der Waals surface area contributed by atoms with Gasteiger partial charge in [0.1, 0.15) is 24.0 Å². The van der Waals surface area contributed by atoms with Crippen molar-refractivity contribution < 1.29 is 23.8 Å². The van der Waals surface area contributed by atoms with Gasteiger partial charge in [-0.3, -0.25) is 4.79 Å². The van der Waals surface area contributed by atoms with Crippen LogP contribution in [0, 0.1) is 5.92 Å². The highest BCUT2D eigenvalue weighted by Gasteiger charge is 2.28. The molecule has 3 rings (SSSR count). The molecule has 214 valence electrons. The Bertz CT molecular complexity index is 1170. The van der Waals surface area contributed by atoms with Crippen LogP contribution in [0.4, 0.5) is 4.79 Å². The summed E-state index contributed by atoms with van der Waals surface area (Å²) in [6, 6.07) is 26.7. The Hall–Kier alpha value is -3.84. The average Bonchev–Trinajstić information content (AvgIpc) is 2.91. The van der Waals surface area contributed by atoms with Crippen LogP contribution in [-0.4, -0.2) is 36.3 Å². The number of carbonyl (C=O) groups excluding carboxylic acids is 2. The maximum Gasteiger partial charge on any atom is 0.408 e. The van der Waals surface area contributed by atoms with Crippen molar-refractivity contribution >= 4 is 12.0 Å². The summed E-state index contributed by atoms with van der Waals surface area (Å²) < 4.78 is 17.3. The molecule has 0 aliphatic heterocycles. The summed E-state index contributed by atoms with van der Waals surface area (Å²) in [5.41, 5.74) is 2.53. The van der Waals surface area contributed by atoms with Gasteiger partial charge in [-0.25, -0.2) is 4.79 Å². The average molecular weight is 547 g/mol. The van der Waals surface area contributed by atoms with Crippen molar-refractivity contribution in [3.63, 3.8) is 0 Å². The highest BCUT2D eigenvalue weighted by Crippen LogP contribution is 2.16. The van der Waals surface area contributed by atoms with Gasteiger partial charge in [0.25, 0.3) is 0 Å². The molecule has 3 aromatic carbocycles. The molecule has 7 heteroatoms. The van der Waals surface area contributed by atoms with E-state index >= 15 is 0 Å². The van der Waals surface area contributed by atoms with Gasteiger partial charge in [-0.15, -0.1) is 0 Å². The summed E-state index contributed by atoms with van der Waals surface area (Å²) in [6.45, 7) is 10.4. The lowest BCUT2D eigenvalue weighted by molar-refractivity contribution is -0.125. The van der Waals surface area contributed by atoms with Crippen molar-refractivity contribution in [3.05, 3.63) is 102 Å². The fourth-order valence-electron chi connectivity index (χ4n) is 4.05. The molecule has 40 heavy (non-hydrogen) atoms. The van der Waals surface area contributed by atoms with E-state index in [2.05, 4.69) is 10.6 Å². The minimum absolute atomic E-state index is 0.139. The summed E-state index contributed by atoms with van der Waals surface area (Å²) >= 11 is 0. The quantitative estimate of drug-likeness (QED) is 0.272. The first kappa shape index (κ1) is 30.7. The van der Waals surface area contributed by atoms with Gasteiger partial charge in [0, 0.05) is 0 Å². The zero-order chi connectivity index (χ0) is 29.0. The molecule has 0 bridgehead atoms. The van der Waals surface area contributed by atoms with Crippen molar-refractivity contribution in [1.29, 1.82) is 0 Å². The van der Waals surface area contributed by atoms with Gasteiger partial charge < -0.3 is 24.8 Å². The van der Waals surface area contributed by atoms with Crippen molar-refractivity contribution in [2.45, 2.75) is 71.9 Å². The Morgan fingerprint density at radius 1 is 0.750 bits per heavy atom. The maximum atomic E-state index is 13.3. The van der Waals surface area contributed by atoms with Gasteiger partial charge in [-0.2, -0.15) is 0 Å². The van der Waals surface area contributed by atoms with Crippen LogP contribution in [0.2, 0.25) is 0 Å². The highest BCUT2D eigenvalue weighted by molar-refractivity contribution is 5.86. The third-order valence-corrected chi connectivity index (χ3v) is 6.05. The lowest BCUT2D eigenvalue weighted by Gasteiger charge is -2.27. The SMILES string of the molecule is CC(C)[C@H](NC(=O)OC(C)(C)C)C(=O)N[C@H](COCc1ccccc1)Cc1ccc(OCc2ccccc2)cc1. The van der Waals surface area contributed by atoms with Crippen molar-refractivity contribution in [1.82, 2.24) is 10.6 Å². The summed E-state index contributed by atoms with van der Waals surface area (Å²) in [5, 5.41) is 5.83. The van der Waals surface area contributed by atoms with Crippen molar-refractivity contribution in [3.8, 4) is 5.75 Å². The van der Waals surface area contributed by atoms with Crippen molar-refractivity contribution in [2.24, 2.45) is 5.92 Å². The number of nitrogens with one attached hydrogen (secondary N) is 2. The normalized spacial score (nSPS) is 12.8. The minimum atomic E-state index is -0.750. The first-order chi connectivity index (χ1) is 19.1. The lowest BCUT2D eigenvalue weighted by Crippen LogP contribution is -2.54. The van der Waals surface area contributed by atoms with Gasteiger partial charge >= 0.3 is 6.09 Å². The third-order valence-electron chi connectivity index (χ3n) is 6.05. The molecular weight excluding hydrogens is 504 g/mol. The minimum Gasteiger partial charge on any atom is -0.489 e. The Labute approximate surface area is 238 Å². The number of hydrogen-bond donors (Lipinski definition) is 2. The molecule has 0 spiro atoms. The van der Waals surface area contributed by atoms with E-state index < -0.39 is 17.7 Å². The smallest absolute Gasteiger partial charge is 0.408 e. The molecule has 2 amide bonds. The molecule has 0 aliphatic rings. The second-order valence-corrected chi connectivity index (χ2v) is 11.2. The van der Waals surface area contributed by atoms with E-state index in [0.717, 1.165) is 22.4 Å². The maximum absolute atomic E-state index is 13.3. The molecule has 0 aliphatic carbocycles. The van der Waals surface area contributed by atoms with E-state index in [1.807, 2.05) is 98.8 Å². The molecule has 7 nitrogen and oxygen atoms in total. The molecule has 2 atom stereocenters. The first-order valence-electron chi connectivity index (χ1n) is 13.8. The van der Waals surface area contributed by atoms with Gasteiger partial charge in [0.2, 0.25) is 5.91 Å². The van der Waals surface area contributed by atoms with Gasteiger partial charge in [0.15, 0.2) is 0 Å². The van der Waals surface area contributed by atoms with Crippen LogP contribution in [0.25, 0.3) is 0 Å². The number of carbonyl (C=O) groups is 2. The Kier molecular flexibility index (Phi) is 11.6. The van der Waals surface area contributed by atoms with Gasteiger partial charge in [0.05, 0.1) is 19.3 Å². The number of ether oxygens (including phenoxy) is 3. The van der Waals surface area contributed by atoms with Gasteiger partial charge in [-0.05, 0) is 61.9 Å². The Morgan fingerprint density at radius 3 is 1.88 bits per heavy atom. The summed E-state index contributed by atoms with van der Waals surface area (Å²) in [6.07, 6.45) is -0.0687. The van der Waals surface area contributed by atoms with Crippen LogP contribution in [0.3, 0.4) is 0 Å². The molecule has 0 saturated carbocycles. The predicted octanol–water partition coefficient (Wildman–Crippen LogP) is 6.06. The van der Waals surface area contributed by atoms with Crippen LogP contribution in [0.1, 0.15) is 51.3 Å². The molecule has 0 aromatic heterocycles. The van der Waals surface area contributed by atoms with Crippen LogP contribution < -0.4 is 15.4 Å². The summed E-state index contributed by atoms with van der Waals surface area (Å²) in [4.78, 5) is 25.7. The van der Waals surface area contributed by atoms with Crippen LogP contribution in [-0.2, 0) is 33.9 Å². The van der Waals surface area contributed by atoms with E-state index in [1.54, 1.807) is 20.8 Å². The first-order valence-corrected chi connectivity index (χ1v) is 13.8. The Balaban J connectivity index is 1.65. The molecule has 2 N–H and O–H groups in total. The third kappa shape index (κ3) is 11.1. The lowest BCUT2D eigenvalue weighted by atomic mass is 10.0. The van der Waals surface area contributed by atoms with E-state index in [9.17, 15) is 9.59 Å². The molecule has 0 fully saturated rings. The standard InChI is InChI=1S/C33H42N2O5/c1-24(2)30(35-32(37)40-33(3,4)5)31(36)34-28(23-38-21-26-12-8-6-9-13-26)20-25-16-18-29(19-17-25)39-22-27-14-10-7-11-15-27/h6-19,24,28,30H,20-23H2,1-5H3,(H,34,36)(H,35,37)/t28-,30-/m0/s1. The van der Waals surface area contributed by atoms with E-state index in [4.69, 9.17) is 14.2 Å². The molecule has 0 radical (unpaired) electrons. The summed E-state index contributed by atoms with van der Waals surface area (Å²) in [7, 11) is 0. The van der Waals surface area contributed by atoms with Gasteiger partial charge in [-0.1, -0.05) is 86.6 Å². The fourth-order valence-corrected chi connectivity index (χ4v) is 4.05. The molecule has 0 unspecified atom stereocenters. The zero-order valence-electron chi connectivity index (χ0n) is 24.2. The number of alkyl carbamates (subject to hydrolysis) is 1. The van der Waals surface area contributed by atoms with E-state index in [1.165, 1.54) is 0 Å². The second-order valence-electron chi connectivity index (χ2n) is 11.2. The van der Waals surface area contributed by atoms with Crippen LogP contribution in [0.15, 0.2) is 84.9 Å². The number of amides is 2. The van der Waals surface area contributed by atoms with Crippen LogP contribution in [0.5, 0.6) is 5.75 Å². The topological polar surface area (TPSA) is 85.9 Å². The molecule has 0 heterocycles. The van der Waals surface area contributed by atoms with Crippen molar-refractivity contribution in [2.75, 3.05) is 6.61 Å². The molecule has 0 saturated heterocycles. The van der Waals surface area contributed by atoms with E-state index in [0.29, 0.717) is 26.2 Å². The fraction of sp³-hybridized carbons (Fsp3) is 0.394. The largest absolute Gasteiger partial charge is 0.489 e. The number of hydrogen-bond acceptors (Lipinski definition) is 5. The second kappa shape index (κ2) is 15.1. The number of benzene rings is 3. The Morgan fingerprint density at radius 2 is 1.32 bits per heavy atom. The number of rotatable bonds is 13. The van der Waals surface area contributed by atoms with E-state index in [-0.39, 0.29) is 17.9 Å². The molecular formula is C33H42N2O5. The zero-order valence-corrected chi connectivity index (χ0v) is 24.2. The highest BCUT2D eigenvalue weighted by atomic mass is 16.6. The summed E-state index contributed by atoms with van der Waals surface area (Å²) in [5.74, 6) is 0.353.